The highest BCUT2D eigenvalue weighted by atomic mass is 35.5. The van der Waals surface area contributed by atoms with Crippen LogP contribution in [0.4, 0.5) is 18.0 Å². The number of fused-ring (bicyclic) bond motifs is 1. The van der Waals surface area contributed by atoms with Gasteiger partial charge < -0.3 is 9.57 Å². The second-order valence-electron chi connectivity index (χ2n) is 10.1. The molecule has 5 rings (SSSR count). The van der Waals surface area contributed by atoms with Gasteiger partial charge >= 0.3 is 12.3 Å². The first-order chi connectivity index (χ1) is 18.3. The number of carbonyl (C=O) groups excluding carboxylic acids is 1. The lowest BCUT2D eigenvalue weighted by molar-refractivity contribution is -0.275. The molecule has 1 aliphatic rings. The van der Waals surface area contributed by atoms with Crippen LogP contribution in [0.25, 0.3) is 21.9 Å². The molecule has 1 aromatic heterocycles. The minimum absolute atomic E-state index is 0.0555. The Kier molecular flexibility index (Phi) is 6.63. The third-order valence-corrected chi connectivity index (χ3v) is 6.66. The highest BCUT2D eigenvalue weighted by Crippen LogP contribution is 2.50. The Morgan fingerprint density at radius 3 is 2.23 bits per heavy atom. The van der Waals surface area contributed by atoms with E-state index in [0.29, 0.717) is 16.5 Å². The number of oxime groups is 1. The van der Waals surface area contributed by atoms with Gasteiger partial charge in [0.15, 0.2) is 0 Å². The van der Waals surface area contributed by atoms with Crippen LogP contribution in [-0.4, -0.2) is 33.4 Å². The van der Waals surface area contributed by atoms with Crippen molar-refractivity contribution < 1.29 is 27.5 Å². The molecular formula is C28H22Cl2F3N3O3. The SMILES string of the molecule is CC(C)(C)OC(=O)n1cc(-c2ccc(C3=NOC(c4cc(Cl)cc(Cl)c4)(C(F)(F)F)C3)c3ccccc23)cn1. The van der Waals surface area contributed by atoms with E-state index in [9.17, 15) is 18.0 Å². The van der Waals surface area contributed by atoms with E-state index in [1.165, 1.54) is 24.4 Å². The highest BCUT2D eigenvalue weighted by molar-refractivity contribution is 6.34. The lowest BCUT2D eigenvalue weighted by atomic mass is 9.85. The molecule has 3 aromatic carbocycles. The standard InChI is InChI=1S/C28H22Cl2F3N3O3/c1-26(2,3)38-25(37)36-15-16(14-34-36)20-8-9-23(22-7-5-4-6-21(20)22)24-13-27(39-35-24,28(31,32)33)17-10-18(29)12-19(30)11-17/h4-12,14-15H,13H2,1-3H3. The van der Waals surface area contributed by atoms with Crippen molar-refractivity contribution in [1.82, 2.24) is 9.78 Å². The van der Waals surface area contributed by atoms with Crippen molar-refractivity contribution in [3.8, 4) is 11.1 Å². The van der Waals surface area contributed by atoms with Gasteiger partial charge in [-0.25, -0.2) is 4.79 Å². The molecule has 0 N–H and O–H groups in total. The molecule has 1 atom stereocenters. The second-order valence-corrected chi connectivity index (χ2v) is 11.0. The minimum atomic E-state index is -4.81. The minimum Gasteiger partial charge on any atom is -0.442 e. The van der Waals surface area contributed by atoms with Crippen LogP contribution in [0.3, 0.4) is 0 Å². The van der Waals surface area contributed by atoms with Gasteiger partial charge in [-0.2, -0.15) is 23.0 Å². The van der Waals surface area contributed by atoms with Crippen LogP contribution in [0, 0.1) is 0 Å². The third-order valence-electron chi connectivity index (χ3n) is 6.22. The molecule has 0 bridgehead atoms. The number of carbonyl (C=O) groups is 1. The van der Waals surface area contributed by atoms with Crippen LogP contribution in [-0.2, 0) is 15.2 Å². The first-order valence-corrected chi connectivity index (χ1v) is 12.6. The van der Waals surface area contributed by atoms with Crippen LogP contribution < -0.4 is 0 Å². The summed E-state index contributed by atoms with van der Waals surface area (Å²) in [7, 11) is 0. The zero-order valence-corrected chi connectivity index (χ0v) is 22.5. The van der Waals surface area contributed by atoms with E-state index < -0.39 is 29.9 Å². The summed E-state index contributed by atoms with van der Waals surface area (Å²) in [5.41, 5.74) is -1.71. The Labute approximate surface area is 231 Å². The Bertz CT molecular complexity index is 1610. The van der Waals surface area contributed by atoms with Crippen molar-refractivity contribution in [3.05, 3.63) is 88.2 Å². The molecule has 202 valence electrons. The fourth-order valence-corrected chi connectivity index (χ4v) is 5.03. The predicted molar refractivity (Wildman–Crippen MR) is 143 cm³/mol. The summed E-state index contributed by atoms with van der Waals surface area (Å²) in [4.78, 5) is 17.6. The molecule has 0 saturated carbocycles. The molecule has 1 aliphatic heterocycles. The quantitative estimate of drug-likeness (QED) is 0.246. The highest BCUT2D eigenvalue weighted by Gasteiger charge is 2.62. The number of nitrogens with zero attached hydrogens (tertiary/aromatic N) is 3. The van der Waals surface area contributed by atoms with E-state index in [2.05, 4.69) is 10.3 Å². The zero-order valence-electron chi connectivity index (χ0n) is 21.0. The molecule has 1 unspecified atom stereocenters. The molecular weight excluding hydrogens is 554 g/mol. The number of rotatable bonds is 3. The summed E-state index contributed by atoms with van der Waals surface area (Å²) in [5, 5.41) is 9.54. The number of benzene rings is 3. The number of halogens is 5. The molecule has 0 saturated heterocycles. The van der Waals surface area contributed by atoms with E-state index >= 15 is 0 Å². The number of hydrogen-bond acceptors (Lipinski definition) is 5. The van der Waals surface area contributed by atoms with E-state index in [1.54, 1.807) is 51.2 Å². The summed E-state index contributed by atoms with van der Waals surface area (Å²) in [6.07, 6.45) is -2.94. The maximum atomic E-state index is 14.5. The Morgan fingerprint density at radius 1 is 1.00 bits per heavy atom. The van der Waals surface area contributed by atoms with Crippen molar-refractivity contribution in [2.45, 2.75) is 44.6 Å². The molecule has 0 radical (unpaired) electrons. The summed E-state index contributed by atoms with van der Waals surface area (Å²) in [6.45, 7) is 5.27. The number of hydrogen-bond donors (Lipinski definition) is 0. The maximum absolute atomic E-state index is 14.5. The molecule has 0 fully saturated rings. The van der Waals surface area contributed by atoms with Gasteiger partial charge in [0.25, 0.3) is 5.60 Å². The second kappa shape index (κ2) is 9.57. The summed E-state index contributed by atoms with van der Waals surface area (Å²) >= 11 is 12.0. The van der Waals surface area contributed by atoms with E-state index in [-0.39, 0.29) is 21.3 Å². The van der Waals surface area contributed by atoms with Gasteiger partial charge in [-0.1, -0.05) is 64.8 Å². The molecule has 4 aromatic rings. The van der Waals surface area contributed by atoms with Crippen molar-refractivity contribution >= 4 is 45.8 Å². The van der Waals surface area contributed by atoms with Crippen LogP contribution in [0.5, 0.6) is 0 Å². The normalized spacial score (nSPS) is 17.7. The summed E-state index contributed by atoms with van der Waals surface area (Å²) < 4.78 is 49.9. The van der Waals surface area contributed by atoms with Gasteiger partial charge in [0.05, 0.1) is 11.9 Å². The Morgan fingerprint density at radius 2 is 1.62 bits per heavy atom. The van der Waals surface area contributed by atoms with E-state index in [4.69, 9.17) is 32.8 Å². The Hall–Kier alpha value is -3.56. The molecule has 6 nitrogen and oxygen atoms in total. The van der Waals surface area contributed by atoms with Crippen molar-refractivity contribution in [2.75, 3.05) is 0 Å². The molecule has 0 amide bonds. The van der Waals surface area contributed by atoms with Crippen LogP contribution in [0.15, 0.2) is 72.1 Å². The van der Waals surface area contributed by atoms with Gasteiger partial charge in [0.2, 0.25) is 0 Å². The predicted octanol–water partition coefficient (Wildman–Crippen LogP) is 8.38. The lowest BCUT2D eigenvalue weighted by Gasteiger charge is -2.29. The fraction of sp³-hybridized carbons (Fsp3) is 0.250. The van der Waals surface area contributed by atoms with Crippen molar-refractivity contribution in [3.63, 3.8) is 0 Å². The average molecular weight is 576 g/mol. The molecule has 0 spiro atoms. The topological polar surface area (TPSA) is 65.7 Å². The van der Waals surface area contributed by atoms with Crippen LogP contribution in [0.1, 0.15) is 38.3 Å². The van der Waals surface area contributed by atoms with Crippen LogP contribution in [0.2, 0.25) is 10.0 Å². The monoisotopic (exact) mass is 575 g/mol. The smallest absolute Gasteiger partial charge is 0.435 e. The summed E-state index contributed by atoms with van der Waals surface area (Å²) in [6, 6.07) is 14.4. The Balaban J connectivity index is 1.54. The molecule has 0 aliphatic carbocycles. The first-order valence-electron chi connectivity index (χ1n) is 11.9. The van der Waals surface area contributed by atoms with Gasteiger partial charge in [-0.15, -0.1) is 0 Å². The van der Waals surface area contributed by atoms with Gasteiger partial charge in [0.1, 0.15) is 5.60 Å². The largest absolute Gasteiger partial charge is 0.442 e. The zero-order chi connectivity index (χ0) is 28.2. The summed E-state index contributed by atoms with van der Waals surface area (Å²) in [5.74, 6) is 0. The average Bonchev–Trinajstić information content (AvgIpc) is 3.50. The van der Waals surface area contributed by atoms with Crippen LogP contribution >= 0.6 is 23.2 Å². The van der Waals surface area contributed by atoms with Crippen molar-refractivity contribution in [2.24, 2.45) is 5.16 Å². The number of aromatic nitrogens is 2. The molecule has 11 heteroatoms. The van der Waals surface area contributed by atoms with E-state index in [0.717, 1.165) is 15.6 Å². The maximum Gasteiger partial charge on any atom is 0.435 e. The third kappa shape index (κ3) is 5.08. The number of alkyl halides is 3. The van der Waals surface area contributed by atoms with Gasteiger partial charge in [0, 0.05) is 39.4 Å². The van der Waals surface area contributed by atoms with E-state index in [1.807, 2.05) is 12.1 Å². The van der Waals surface area contributed by atoms with Gasteiger partial charge in [-0.05, 0) is 55.3 Å². The first kappa shape index (κ1) is 27.0. The van der Waals surface area contributed by atoms with Gasteiger partial charge in [-0.3, -0.25) is 0 Å². The number of ether oxygens (including phenoxy) is 1. The molecule has 2 heterocycles. The fourth-order valence-electron chi connectivity index (χ4n) is 4.51. The lowest BCUT2D eigenvalue weighted by Crippen LogP contribution is -2.42. The molecule has 39 heavy (non-hydrogen) atoms. The van der Waals surface area contributed by atoms with Crippen molar-refractivity contribution in [1.29, 1.82) is 0 Å².